The Hall–Kier alpha value is -3.78. The summed E-state index contributed by atoms with van der Waals surface area (Å²) in [7, 11) is 0. The monoisotopic (exact) mass is 583 g/mol. The Morgan fingerprint density at radius 2 is 1.74 bits per heavy atom. The molecule has 0 saturated heterocycles. The molecule has 1 N–H and O–H groups in total. The lowest BCUT2D eigenvalue weighted by Crippen LogP contribution is -2.64. The molecule has 3 aliphatic rings. The van der Waals surface area contributed by atoms with E-state index in [1.807, 2.05) is 54.6 Å². The second-order valence-electron chi connectivity index (χ2n) is 11.8. The van der Waals surface area contributed by atoms with Crippen LogP contribution in [0.15, 0.2) is 60.7 Å². The van der Waals surface area contributed by atoms with Crippen LogP contribution in [0.5, 0.6) is 11.5 Å². The van der Waals surface area contributed by atoms with E-state index in [1.165, 1.54) is 24.1 Å². The Bertz CT molecular complexity index is 1620. The predicted octanol–water partition coefficient (Wildman–Crippen LogP) is 6.77. The van der Waals surface area contributed by atoms with Crippen LogP contribution in [0, 0.1) is 0 Å². The van der Waals surface area contributed by atoms with Crippen molar-refractivity contribution in [2.45, 2.75) is 83.0 Å². The van der Waals surface area contributed by atoms with Crippen molar-refractivity contribution in [1.82, 2.24) is 14.8 Å². The van der Waals surface area contributed by atoms with E-state index in [9.17, 15) is 9.59 Å². The van der Waals surface area contributed by atoms with Gasteiger partial charge in [-0.1, -0.05) is 75.4 Å². The van der Waals surface area contributed by atoms with Gasteiger partial charge in [0.05, 0.1) is 16.8 Å². The average molecular weight is 584 g/mol. The summed E-state index contributed by atoms with van der Waals surface area (Å²) < 4.78 is 14.4. The molecule has 2 aliphatic heterocycles. The van der Waals surface area contributed by atoms with Gasteiger partial charge in [0.25, 0.3) is 11.8 Å². The van der Waals surface area contributed by atoms with Gasteiger partial charge in [0.15, 0.2) is 17.0 Å². The molecular formula is C34H37N3O4S. The third-order valence-electron chi connectivity index (χ3n) is 9.15. The van der Waals surface area contributed by atoms with E-state index in [0.29, 0.717) is 23.7 Å². The summed E-state index contributed by atoms with van der Waals surface area (Å²) in [4.78, 5) is 32.6. The lowest BCUT2D eigenvalue weighted by atomic mass is 9.83. The van der Waals surface area contributed by atoms with Gasteiger partial charge in [0.2, 0.25) is 6.79 Å². The summed E-state index contributed by atoms with van der Waals surface area (Å²) in [5, 5.41) is 3.47. The number of benzene rings is 2. The minimum atomic E-state index is -1.23. The lowest BCUT2D eigenvalue weighted by molar-refractivity contribution is -0.136. The number of rotatable bonds is 6. The summed E-state index contributed by atoms with van der Waals surface area (Å²) >= 11 is 1.73. The molecule has 7 rings (SSSR count). The molecule has 0 radical (unpaired) electrons. The zero-order chi connectivity index (χ0) is 28.7. The van der Waals surface area contributed by atoms with Crippen molar-refractivity contribution in [1.29, 1.82) is 0 Å². The van der Waals surface area contributed by atoms with Gasteiger partial charge < -0.3 is 24.3 Å². The number of hydrogen-bond acceptors (Lipinski definition) is 5. The van der Waals surface area contributed by atoms with Crippen LogP contribution in [0.4, 0.5) is 0 Å². The van der Waals surface area contributed by atoms with Gasteiger partial charge in [0.1, 0.15) is 5.69 Å². The quantitative estimate of drug-likeness (QED) is 0.272. The van der Waals surface area contributed by atoms with Crippen LogP contribution in [0.2, 0.25) is 0 Å². The molecule has 1 fully saturated rings. The maximum Gasteiger partial charge on any atom is 0.272 e. The van der Waals surface area contributed by atoms with Crippen molar-refractivity contribution in [3.63, 3.8) is 0 Å². The molecule has 0 bridgehead atoms. The fourth-order valence-corrected chi connectivity index (χ4v) is 7.90. The van der Waals surface area contributed by atoms with E-state index >= 15 is 0 Å². The molecular weight excluding hydrogens is 546 g/mol. The van der Waals surface area contributed by atoms with Gasteiger partial charge in [-0.3, -0.25) is 9.59 Å². The maximum atomic E-state index is 14.9. The molecule has 0 spiro atoms. The van der Waals surface area contributed by atoms with Gasteiger partial charge in [-0.2, -0.15) is 0 Å². The Kier molecular flexibility index (Phi) is 7.18. The highest BCUT2D eigenvalue weighted by atomic mass is 32.1. The fraction of sp³-hybridized carbons (Fsp3) is 0.412. The van der Waals surface area contributed by atoms with Crippen molar-refractivity contribution < 1.29 is 19.1 Å². The molecule has 42 heavy (non-hydrogen) atoms. The highest BCUT2D eigenvalue weighted by Gasteiger charge is 2.53. The molecule has 4 heterocycles. The molecule has 4 aromatic rings. The van der Waals surface area contributed by atoms with Gasteiger partial charge in [0, 0.05) is 17.5 Å². The third-order valence-corrected chi connectivity index (χ3v) is 10.4. The second kappa shape index (κ2) is 11.1. The number of ether oxygens (including phenoxy) is 2. The second-order valence-corrected chi connectivity index (χ2v) is 12.9. The van der Waals surface area contributed by atoms with Crippen LogP contribution in [0.25, 0.3) is 10.2 Å². The molecule has 1 atom stereocenters. The topological polar surface area (TPSA) is 72.8 Å². The largest absolute Gasteiger partial charge is 0.454 e. The van der Waals surface area contributed by atoms with Crippen molar-refractivity contribution in [2.24, 2.45) is 0 Å². The Labute approximate surface area is 250 Å². The zero-order valence-corrected chi connectivity index (χ0v) is 24.9. The molecule has 7 nitrogen and oxygen atoms in total. The van der Waals surface area contributed by atoms with Crippen LogP contribution in [0.3, 0.4) is 0 Å². The van der Waals surface area contributed by atoms with Crippen LogP contribution >= 0.6 is 11.3 Å². The minimum absolute atomic E-state index is 0.0970. The van der Waals surface area contributed by atoms with E-state index in [0.717, 1.165) is 53.4 Å². The zero-order valence-electron chi connectivity index (χ0n) is 24.1. The number of fused-ring (bicyclic) bond motifs is 4. The first-order chi connectivity index (χ1) is 20.6. The van der Waals surface area contributed by atoms with E-state index in [4.69, 9.17) is 9.47 Å². The van der Waals surface area contributed by atoms with Gasteiger partial charge in [-0.15, -0.1) is 11.3 Å². The van der Waals surface area contributed by atoms with Gasteiger partial charge in [-0.25, -0.2) is 0 Å². The van der Waals surface area contributed by atoms with E-state index < -0.39 is 5.54 Å². The first-order valence-corrected chi connectivity index (χ1v) is 16.1. The predicted molar refractivity (Wildman–Crippen MR) is 164 cm³/mol. The molecule has 0 unspecified atom stereocenters. The van der Waals surface area contributed by atoms with Crippen LogP contribution in [0.1, 0.15) is 78.4 Å². The molecule has 8 heteroatoms. The van der Waals surface area contributed by atoms with Gasteiger partial charge >= 0.3 is 0 Å². The number of nitrogens with one attached hydrogen (secondary N) is 1. The van der Waals surface area contributed by atoms with Crippen LogP contribution in [-0.2, 0) is 29.8 Å². The van der Waals surface area contributed by atoms with E-state index in [1.54, 1.807) is 16.2 Å². The summed E-state index contributed by atoms with van der Waals surface area (Å²) in [5.74, 6) is 1.11. The molecule has 2 aromatic carbocycles. The smallest absolute Gasteiger partial charge is 0.272 e. The van der Waals surface area contributed by atoms with Crippen molar-refractivity contribution in [2.75, 3.05) is 6.79 Å². The normalized spacial score (nSPS) is 20.8. The number of carbonyl (C=O) groups excluding carboxylic acids is 2. The molecule has 1 saturated carbocycles. The maximum absolute atomic E-state index is 14.9. The third kappa shape index (κ3) is 4.66. The van der Waals surface area contributed by atoms with Crippen molar-refractivity contribution in [3.8, 4) is 11.5 Å². The number of thiophene rings is 1. The minimum Gasteiger partial charge on any atom is -0.454 e. The van der Waals surface area contributed by atoms with Gasteiger partial charge in [-0.05, 0) is 54.7 Å². The average Bonchev–Trinajstić information content (AvgIpc) is 3.71. The summed E-state index contributed by atoms with van der Waals surface area (Å²) in [6.07, 6.45) is 8.76. The standard InChI is InChI=1S/C34H37N3O4S/c1-2-26-18-27-31(42-26)19-28-32(38)37(20-23-15-16-29-30(17-23)41-22-40-29)34(21-36(27)28,24-11-7-6-8-12-24)33(39)35-25-13-9-4-3-5-10-14-25/h6-8,11-12,15-19,25H,2-5,9-10,13-14,20-22H2,1H3,(H,35,39)/t34-/m0/s1. The summed E-state index contributed by atoms with van der Waals surface area (Å²) in [6, 6.07) is 19.9. The number of aromatic nitrogens is 1. The summed E-state index contributed by atoms with van der Waals surface area (Å²) in [6.45, 7) is 2.95. The number of hydrogen-bond donors (Lipinski definition) is 1. The van der Waals surface area contributed by atoms with Crippen LogP contribution in [-0.4, -0.2) is 34.1 Å². The Morgan fingerprint density at radius 3 is 2.52 bits per heavy atom. The van der Waals surface area contributed by atoms with E-state index in [-0.39, 0.29) is 31.2 Å². The van der Waals surface area contributed by atoms with Crippen molar-refractivity contribution in [3.05, 3.63) is 82.4 Å². The Morgan fingerprint density at radius 1 is 0.976 bits per heavy atom. The first kappa shape index (κ1) is 27.1. The number of carbonyl (C=O) groups is 2. The van der Waals surface area contributed by atoms with E-state index in [2.05, 4.69) is 22.9 Å². The van der Waals surface area contributed by atoms with Crippen LogP contribution < -0.4 is 14.8 Å². The Balaban J connectivity index is 1.37. The SMILES string of the molecule is CCc1cc2c(cc3n2C[C@@](C(=O)NC2CCCCCCC2)(c2ccccc2)N(Cc2ccc4c(c2)OCO4)C3=O)s1. The molecule has 218 valence electrons. The first-order valence-electron chi connectivity index (χ1n) is 15.3. The molecule has 1 aliphatic carbocycles. The highest BCUT2D eigenvalue weighted by molar-refractivity contribution is 7.19. The molecule has 2 aromatic heterocycles. The lowest BCUT2D eigenvalue weighted by Gasteiger charge is -2.47. The number of nitrogens with zero attached hydrogens (tertiary/aromatic N) is 2. The van der Waals surface area contributed by atoms with Crippen molar-refractivity contribution >= 4 is 33.4 Å². The molecule has 2 amide bonds. The number of aryl methyl sites for hydroxylation is 1. The number of amides is 2. The highest BCUT2D eigenvalue weighted by Crippen LogP contribution is 2.43. The fourth-order valence-electron chi connectivity index (χ4n) is 6.86. The summed E-state index contributed by atoms with van der Waals surface area (Å²) in [5.41, 5.74) is 2.14.